The van der Waals surface area contributed by atoms with Crippen LogP contribution in [-0.2, 0) is 13.0 Å². The van der Waals surface area contributed by atoms with Crippen LogP contribution in [0.1, 0.15) is 11.1 Å². The van der Waals surface area contributed by atoms with Gasteiger partial charge in [0.1, 0.15) is 28.4 Å². The van der Waals surface area contributed by atoms with Crippen LogP contribution in [0.5, 0.6) is 5.75 Å². The maximum absolute atomic E-state index is 13.6. The quantitative estimate of drug-likeness (QED) is 0.440. The zero-order valence-electron chi connectivity index (χ0n) is 16.9. The molecule has 0 saturated carbocycles. The van der Waals surface area contributed by atoms with E-state index in [9.17, 15) is 13.9 Å². The van der Waals surface area contributed by atoms with Crippen molar-refractivity contribution >= 4 is 17.4 Å². The molecule has 0 saturated heterocycles. The highest BCUT2D eigenvalue weighted by atomic mass is 35.5. The van der Waals surface area contributed by atoms with Gasteiger partial charge in [-0.3, -0.25) is 4.98 Å². The van der Waals surface area contributed by atoms with Gasteiger partial charge in [0.15, 0.2) is 0 Å². The molecule has 0 fully saturated rings. The summed E-state index contributed by atoms with van der Waals surface area (Å²) in [6, 6.07) is 10.2. The summed E-state index contributed by atoms with van der Waals surface area (Å²) in [5.41, 5.74) is 1.39. The van der Waals surface area contributed by atoms with Crippen LogP contribution in [-0.4, -0.2) is 40.9 Å². The number of benzene rings is 2. The highest BCUT2D eigenvalue weighted by Crippen LogP contribution is 2.16. The average molecular weight is 449 g/mol. The molecule has 2 aromatic carbocycles. The number of nitrogens with zero attached hydrogens (tertiary/aromatic N) is 2. The predicted molar refractivity (Wildman–Crippen MR) is 115 cm³/mol. The van der Waals surface area contributed by atoms with Crippen LogP contribution in [0.3, 0.4) is 0 Å². The minimum absolute atomic E-state index is 0.158. The van der Waals surface area contributed by atoms with E-state index in [4.69, 9.17) is 16.3 Å². The van der Waals surface area contributed by atoms with Crippen molar-refractivity contribution in [2.75, 3.05) is 19.0 Å². The number of nitrogens with one attached hydrogen (secondary N) is 2. The van der Waals surface area contributed by atoms with E-state index in [0.29, 0.717) is 17.9 Å². The molecule has 0 aliphatic heterocycles. The largest absolute Gasteiger partial charge is 0.497 e. The van der Waals surface area contributed by atoms with E-state index in [2.05, 4.69) is 20.6 Å². The second-order valence-corrected chi connectivity index (χ2v) is 7.40. The second kappa shape index (κ2) is 11.0. The third kappa shape index (κ3) is 7.13. The molecule has 0 aliphatic rings. The molecule has 31 heavy (non-hydrogen) atoms. The fourth-order valence-corrected chi connectivity index (χ4v) is 3.30. The highest BCUT2D eigenvalue weighted by molar-refractivity contribution is 6.29. The van der Waals surface area contributed by atoms with E-state index in [1.165, 1.54) is 24.5 Å². The molecule has 164 valence electrons. The molecule has 0 radical (unpaired) electrons. The smallest absolute Gasteiger partial charge is 0.149 e. The lowest BCUT2D eigenvalue weighted by atomic mass is 10.0. The Morgan fingerprint density at radius 1 is 1.10 bits per heavy atom. The lowest BCUT2D eigenvalue weighted by Crippen LogP contribution is -2.42. The van der Waals surface area contributed by atoms with Gasteiger partial charge in [-0.25, -0.2) is 13.8 Å². The predicted octanol–water partition coefficient (Wildman–Crippen LogP) is 3.59. The summed E-state index contributed by atoms with van der Waals surface area (Å²) in [5, 5.41) is 17.2. The van der Waals surface area contributed by atoms with Gasteiger partial charge in [-0.05, 0) is 41.8 Å². The number of aliphatic hydroxyl groups excluding tert-OH is 1. The number of rotatable bonds is 10. The van der Waals surface area contributed by atoms with Crippen molar-refractivity contribution in [2.24, 2.45) is 0 Å². The SMILES string of the molecule is COc1cccc(CNCC(O)C(Cc2cc(F)cc(F)c2)Nc2cncc(Cl)n2)c1. The van der Waals surface area contributed by atoms with Crippen molar-refractivity contribution < 1.29 is 18.6 Å². The molecular weight excluding hydrogens is 426 g/mol. The Morgan fingerprint density at radius 2 is 1.87 bits per heavy atom. The summed E-state index contributed by atoms with van der Waals surface area (Å²) in [6.45, 7) is 0.729. The van der Waals surface area contributed by atoms with E-state index in [-0.39, 0.29) is 18.1 Å². The lowest BCUT2D eigenvalue weighted by Gasteiger charge is -2.25. The van der Waals surface area contributed by atoms with Gasteiger partial charge < -0.3 is 20.5 Å². The summed E-state index contributed by atoms with van der Waals surface area (Å²) >= 11 is 5.89. The standard InChI is InChI=1S/C22H23ClF2N4O2/c1-31-18-4-2-3-14(7-18)10-26-11-20(30)19(28-22-13-27-12-21(23)29-22)8-15-5-16(24)9-17(25)6-15/h2-7,9,12-13,19-20,26,30H,8,10-11H2,1H3,(H,28,29). The van der Waals surface area contributed by atoms with Crippen molar-refractivity contribution in [3.63, 3.8) is 0 Å². The van der Waals surface area contributed by atoms with E-state index >= 15 is 0 Å². The molecule has 0 amide bonds. The number of hydrogen-bond acceptors (Lipinski definition) is 6. The van der Waals surface area contributed by atoms with Gasteiger partial charge in [-0.1, -0.05) is 23.7 Å². The van der Waals surface area contributed by atoms with E-state index in [1.54, 1.807) is 7.11 Å². The highest BCUT2D eigenvalue weighted by Gasteiger charge is 2.21. The normalized spacial score (nSPS) is 12.9. The van der Waals surface area contributed by atoms with Crippen molar-refractivity contribution in [3.05, 3.63) is 82.8 Å². The first kappa shape index (κ1) is 22.9. The molecule has 0 aliphatic carbocycles. The van der Waals surface area contributed by atoms with Crippen molar-refractivity contribution in [1.29, 1.82) is 0 Å². The Labute approximate surface area is 184 Å². The van der Waals surface area contributed by atoms with Crippen LogP contribution in [0.4, 0.5) is 14.6 Å². The van der Waals surface area contributed by atoms with E-state index in [0.717, 1.165) is 17.4 Å². The average Bonchev–Trinajstić information content (AvgIpc) is 2.72. The molecule has 2 unspecified atom stereocenters. The molecule has 2 atom stereocenters. The molecule has 1 aromatic heterocycles. The van der Waals surface area contributed by atoms with E-state index < -0.39 is 23.8 Å². The second-order valence-electron chi connectivity index (χ2n) is 7.01. The Hall–Kier alpha value is -2.81. The number of hydrogen-bond donors (Lipinski definition) is 3. The molecule has 3 N–H and O–H groups in total. The molecule has 3 aromatic rings. The number of halogens is 3. The van der Waals surface area contributed by atoms with Crippen molar-refractivity contribution in [1.82, 2.24) is 15.3 Å². The summed E-state index contributed by atoms with van der Waals surface area (Å²) in [7, 11) is 1.60. The number of anilines is 1. The van der Waals surface area contributed by atoms with Gasteiger partial charge >= 0.3 is 0 Å². The minimum Gasteiger partial charge on any atom is -0.497 e. The summed E-state index contributed by atoms with van der Waals surface area (Å²) in [6.07, 6.45) is 2.10. The zero-order chi connectivity index (χ0) is 22.2. The maximum Gasteiger partial charge on any atom is 0.149 e. The first-order valence-corrected chi connectivity index (χ1v) is 10.0. The molecule has 3 rings (SSSR count). The number of aromatic nitrogens is 2. The van der Waals surface area contributed by atoms with Gasteiger partial charge in [0.05, 0.1) is 31.6 Å². The number of methoxy groups -OCH3 is 1. The molecule has 6 nitrogen and oxygen atoms in total. The molecule has 9 heteroatoms. The number of aliphatic hydroxyl groups is 1. The fraction of sp³-hybridized carbons (Fsp3) is 0.273. The lowest BCUT2D eigenvalue weighted by molar-refractivity contribution is 0.148. The monoisotopic (exact) mass is 448 g/mol. The van der Waals surface area contributed by atoms with Gasteiger partial charge in [-0.15, -0.1) is 0 Å². The Morgan fingerprint density at radius 3 is 2.58 bits per heavy atom. The van der Waals surface area contributed by atoms with Crippen LogP contribution in [0.25, 0.3) is 0 Å². The van der Waals surface area contributed by atoms with Gasteiger partial charge in [0, 0.05) is 19.2 Å². The van der Waals surface area contributed by atoms with Crippen LogP contribution in [0.2, 0.25) is 5.15 Å². The zero-order valence-corrected chi connectivity index (χ0v) is 17.6. The Balaban J connectivity index is 1.69. The van der Waals surface area contributed by atoms with Crippen LogP contribution < -0.4 is 15.4 Å². The topological polar surface area (TPSA) is 79.3 Å². The van der Waals surface area contributed by atoms with Gasteiger partial charge in [0.2, 0.25) is 0 Å². The van der Waals surface area contributed by atoms with Crippen LogP contribution in [0.15, 0.2) is 54.9 Å². The third-order valence-electron chi connectivity index (χ3n) is 4.60. The van der Waals surface area contributed by atoms with Crippen LogP contribution >= 0.6 is 11.6 Å². The molecule has 0 bridgehead atoms. The Bertz CT molecular complexity index is 988. The summed E-state index contributed by atoms with van der Waals surface area (Å²) in [5.74, 6) is -0.267. The molecule has 1 heterocycles. The maximum atomic E-state index is 13.6. The first-order valence-electron chi connectivity index (χ1n) is 9.63. The van der Waals surface area contributed by atoms with Gasteiger partial charge in [-0.2, -0.15) is 0 Å². The fourth-order valence-electron chi connectivity index (χ4n) is 3.16. The van der Waals surface area contributed by atoms with Gasteiger partial charge in [0.25, 0.3) is 0 Å². The first-order chi connectivity index (χ1) is 14.9. The van der Waals surface area contributed by atoms with Crippen LogP contribution in [0, 0.1) is 11.6 Å². The Kier molecular flexibility index (Phi) is 8.11. The minimum atomic E-state index is -0.905. The number of ether oxygens (including phenoxy) is 1. The third-order valence-corrected chi connectivity index (χ3v) is 4.78. The summed E-state index contributed by atoms with van der Waals surface area (Å²) in [4.78, 5) is 8.08. The summed E-state index contributed by atoms with van der Waals surface area (Å²) < 4.78 is 32.5. The van der Waals surface area contributed by atoms with Crippen molar-refractivity contribution in [2.45, 2.75) is 25.1 Å². The van der Waals surface area contributed by atoms with E-state index in [1.807, 2.05) is 24.3 Å². The van der Waals surface area contributed by atoms with Crippen molar-refractivity contribution in [3.8, 4) is 5.75 Å². The molecular formula is C22H23ClF2N4O2. The molecule has 0 spiro atoms.